The van der Waals surface area contributed by atoms with Crippen LogP contribution < -0.4 is 0 Å². The maximum atomic E-state index is 12.3. The molecule has 92 valence electrons. The summed E-state index contributed by atoms with van der Waals surface area (Å²) in [7, 11) is 0. The molecular formula is C12H17F3S. The average Bonchev–Trinajstić information content (AvgIpc) is 2.29. The molecule has 0 aliphatic rings. The summed E-state index contributed by atoms with van der Waals surface area (Å²) in [5.41, 5.74) is 0.393. The summed E-state index contributed by atoms with van der Waals surface area (Å²) < 4.78 is 37.0. The van der Waals surface area contributed by atoms with Crippen molar-refractivity contribution in [3.05, 3.63) is 29.3 Å². The number of hydrogen-bond acceptors (Lipinski definition) is 1. The average molecular weight is 250 g/mol. The highest BCUT2D eigenvalue weighted by Crippen LogP contribution is 2.33. The summed E-state index contributed by atoms with van der Waals surface area (Å²) in [5.74, 6) is 0. The smallest absolute Gasteiger partial charge is 0.166 e. The zero-order valence-corrected chi connectivity index (χ0v) is 10.8. The molecule has 0 aliphatic carbocycles. The first kappa shape index (κ1) is 15.4. The molecule has 16 heavy (non-hydrogen) atoms. The fourth-order valence-electron chi connectivity index (χ4n) is 1.21. The summed E-state index contributed by atoms with van der Waals surface area (Å²) in [5, 5.41) is 0. The van der Waals surface area contributed by atoms with Gasteiger partial charge in [0.2, 0.25) is 0 Å². The lowest BCUT2D eigenvalue weighted by atomic mass is 10.1. The number of alkyl halides is 3. The Morgan fingerprint density at radius 2 is 1.75 bits per heavy atom. The van der Waals surface area contributed by atoms with Crippen LogP contribution in [0.25, 0.3) is 0 Å². The lowest BCUT2D eigenvalue weighted by Crippen LogP contribution is -2.05. The van der Waals surface area contributed by atoms with Crippen LogP contribution >= 0.6 is 11.8 Å². The molecule has 4 heteroatoms. The van der Waals surface area contributed by atoms with Crippen LogP contribution in [0.15, 0.2) is 23.1 Å². The molecule has 0 spiro atoms. The van der Waals surface area contributed by atoms with Gasteiger partial charge in [0.05, 0.1) is 5.56 Å². The van der Waals surface area contributed by atoms with Crippen LogP contribution in [-0.4, -0.2) is 6.26 Å². The van der Waals surface area contributed by atoms with E-state index in [2.05, 4.69) is 0 Å². The van der Waals surface area contributed by atoms with Crippen molar-refractivity contribution in [2.75, 3.05) is 6.26 Å². The second kappa shape index (κ2) is 6.84. The second-order valence-electron chi connectivity index (χ2n) is 2.88. The lowest BCUT2D eigenvalue weighted by Gasteiger charge is -2.10. The standard InChI is InChI=1S/C10H11F3S.C2H6/c1-3-7-4-5-8(10(11,12)13)6-9(7)14-2;1-2/h4-6H,3H2,1-2H3;1-2H3. The van der Waals surface area contributed by atoms with Crippen LogP contribution in [0.1, 0.15) is 31.9 Å². The minimum atomic E-state index is -4.24. The molecule has 0 N–H and O–H groups in total. The third-order valence-corrected chi connectivity index (χ3v) is 2.82. The first-order valence-electron chi connectivity index (χ1n) is 5.23. The number of aryl methyl sites for hydroxylation is 1. The number of thioether (sulfide) groups is 1. The van der Waals surface area contributed by atoms with Crippen LogP contribution in [0.5, 0.6) is 0 Å². The Labute approximate surface area is 99.2 Å². The van der Waals surface area contributed by atoms with Crippen LogP contribution in [0.2, 0.25) is 0 Å². The maximum Gasteiger partial charge on any atom is 0.416 e. The molecular weight excluding hydrogens is 233 g/mol. The summed E-state index contributed by atoms with van der Waals surface area (Å²) in [6, 6.07) is 3.90. The van der Waals surface area contributed by atoms with Gasteiger partial charge in [-0.05, 0) is 30.4 Å². The Morgan fingerprint density at radius 1 is 1.19 bits per heavy atom. The molecule has 0 atom stereocenters. The zero-order chi connectivity index (χ0) is 12.8. The van der Waals surface area contributed by atoms with Crippen molar-refractivity contribution in [1.82, 2.24) is 0 Å². The molecule has 0 saturated heterocycles. The number of halogens is 3. The topological polar surface area (TPSA) is 0 Å². The largest absolute Gasteiger partial charge is 0.416 e. The highest BCUT2D eigenvalue weighted by molar-refractivity contribution is 7.98. The molecule has 1 rings (SSSR count). The van der Waals surface area contributed by atoms with E-state index in [1.807, 2.05) is 20.8 Å². The molecule has 0 bridgehead atoms. The predicted octanol–water partition coefficient (Wildman–Crippen LogP) is 5.02. The first-order valence-corrected chi connectivity index (χ1v) is 6.45. The van der Waals surface area contributed by atoms with Crippen molar-refractivity contribution in [2.45, 2.75) is 38.3 Å². The summed E-state index contributed by atoms with van der Waals surface area (Å²) in [6.45, 7) is 5.93. The van der Waals surface area contributed by atoms with Gasteiger partial charge in [-0.15, -0.1) is 11.8 Å². The Hall–Kier alpha value is -0.640. The molecule has 0 aliphatic heterocycles. The molecule has 0 amide bonds. The van der Waals surface area contributed by atoms with E-state index < -0.39 is 11.7 Å². The van der Waals surface area contributed by atoms with Gasteiger partial charge >= 0.3 is 6.18 Å². The number of hydrogen-bond donors (Lipinski definition) is 0. The van der Waals surface area contributed by atoms with Gasteiger partial charge in [0, 0.05) is 4.90 Å². The molecule has 0 fully saturated rings. The van der Waals surface area contributed by atoms with Crippen LogP contribution in [0, 0.1) is 0 Å². The van der Waals surface area contributed by atoms with E-state index in [9.17, 15) is 13.2 Å². The minimum absolute atomic E-state index is 0.570. The van der Waals surface area contributed by atoms with E-state index in [1.54, 1.807) is 12.3 Å². The molecule has 1 aromatic carbocycles. The molecule has 0 saturated carbocycles. The second-order valence-corrected chi connectivity index (χ2v) is 3.73. The summed E-state index contributed by atoms with van der Waals surface area (Å²) >= 11 is 1.35. The van der Waals surface area contributed by atoms with Crippen molar-refractivity contribution in [2.24, 2.45) is 0 Å². The van der Waals surface area contributed by atoms with Gasteiger partial charge in [-0.1, -0.05) is 26.8 Å². The van der Waals surface area contributed by atoms with Crippen molar-refractivity contribution in [3.8, 4) is 0 Å². The number of rotatable bonds is 2. The van der Waals surface area contributed by atoms with Crippen molar-refractivity contribution >= 4 is 11.8 Å². The Kier molecular flexibility index (Phi) is 6.56. The van der Waals surface area contributed by atoms with E-state index in [1.165, 1.54) is 17.8 Å². The minimum Gasteiger partial charge on any atom is -0.166 e. The maximum absolute atomic E-state index is 12.3. The van der Waals surface area contributed by atoms with Gasteiger partial charge in [0.15, 0.2) is 0 Å². The first-order chi connectivity index (χ1) is 7.49. The normalized spacial score (nSPS) is 10.7. The van der Waals surface area contributed by atoms with Gasteiger partial charge in [-0.3, -0.25) is 0 Å². The van der Waals surface area contributed by atoms with Crippen molar-refractivity contribution < 1.29 is 13.2 Å². The van der Waals surface area contributed by atoms with E-state index in [4.69, 9.17) is 0 Å². The molecule has 0 nitrogen and oxygen atoms in total. The SMILES string of the molecule is CC.CCc1ccc(C(F)(F)F)cc1SC. The quantitative estimate of drug-likeness (QED) is 0.664. The highest BCUT2D eigenvalue weighted by atomic mass is 32.2. The Balaban J connectivity index is 0.00000106. The zero-order valence-electron chi connectivity index (χ0n) is 9.98. The van der Waals surface area contributed by atoms with Crippen molar-refractivity contribution in [1.29, 1.82) is 0 Å². The molecule has 0 aromatic heterocycles. The molecule has 1 aromatic rings. The molecule has 0 radical (unpaired) electrons. The van der Waals surface area contributed by atoms with Crippen molar-refractivity contribution in [3.63, 3.8) is 0 Å². The monoisotopic (exact) mass is 250 g/mol. The van der Waals surface area contributed by atoms with Gasteiger partial charge in [0.25, 0.3) is 0 Å². The lowest BCUT2D eigenvalue weighted by molar-refractivity contribution is -0.137. The van der Waals surface area contributed by atoms with Gasteiger partial charge < -0.3 is 0 Å². The van der Waals surface area contributed by atoms with E-state index in [0.717, 1.165) is 18.1 Å². The van der Waals surface area contributed by atoms with Gasteiger partial charge in [-0.25, -0.2) is 0 Å². The van der Waals surface area contributed by atoms with E-state index in [-0.39, 0.29) is 0 Å². The summed E-state index contributed by atoms with van der Waals surface area (Å²) in [4.78, 5) is 0.710. The fourth-order valence-corrected chi connectivity index (χ4v) is 1.93. The van der Waals surface area contributed by atoms with E-state index in [0.29, 0.717) is 4.90 Å². The molecule has 0 unspecified atom stereocenters. The Bertz CT molecular complexity index is 319. The third-order valence-electron chi connectivity index (χ3n) is 2.00. The van der Waals surface area contributed by atoms with Crippen LogP contribution in [0.3, 0.4) is 0 Å². The van der Waals surface area contributed by atoms with Crippen LogP contribution in [0.4, 0.5) is 13.2 Å². The van der Waals surface area contributed by atoms with E-state index >= 15 is 0 Å². The highest BCUT2D eigenvalue weighted by Gasteiger charge is 2.30. The number of benzene rings is 1. The fraction of sp³-hybridized carbons (Fsp3) is 0.500. The van der Waals surface area contributed by atoms with Crippen LogP contribution in [-0.2, 0) is 12.6 Å². The third kappa shape index (κ3) is 4.08. The summed E-state index contributed by atoms with van der Waals surface area (Å²) in [6.07, 6.45) is -1.69. The Morgan fingerprint density at radius 3 is 2.12 bits per heavy atom. The predicted molar refractivity (Wildman–Crippen MR) is 64.0 cm³/mol. The van der Waals surface area contributed by atoms with Gasteiger partial charge in [-0.2, -0.15) is 13.2 Å². The van der Waals surface area contributed by atoms with Gasteiger partial charge in [0.1, 0.15) is 0 Å². The molecule has 0 heterocycles.